The second kappa shape index (κ2) is 7.38. The number of methoxy groups -OCH3 is 1. The zero-order chi connectivity index (χ0) is 20.5. The molecule has 0 radical (unpaired) electrons. The topological polar surface area (TPSA) is 71.1 Å². The van der Waals surface area contributed by atoms with E-state index in [2.05, 4.69) is 4.98 Å². The van der Waals surface area contributed by atoms with Crippen molar-refractivity contribution in [2.75, 3.05) is 7.11 Å². The summed E-state index contributed by atoms with van der Waals surface area (Å²) in [7, 11) is 1.54. The van der Waals surface area contributed by atoms with Crippen LogP contribution in [0.15, 0.2) is 64.4 Å². The fourth-order valence-electron chi connectivity index (χ4n) is 3.37. The predicted molar refractivity (Wildman–Crippen MR) is 107 cm³/mol. The lowest BCUT2D eigenvalue weighted by atomic mass is 10.2. The van der Waals surface area contributed by atoms with E-state index < -0.39 is 11.2 Å². The lowest BCUT2D eigenvalue weighted by Gasteiger charge is -2.12. The van der Waals surface area contributed by atoms with Gasteiger partial charge in [0.15, 0.2) is 11.2 Å². The highest BCUT2D eigenvalue weighted by Crippen LogP contribution is 2.19. The summed E-state index contributed by atoms with van der Waals surface area (Å²) in [5, 5.41) is 0. The normalized spacial score (nSPS) is 11.1. The van der Waals surface area contributed by atoms with Crippen molar-refractivity contribution >= 4 is 11.2 Å². The van der Waals surface area contributed by atoms with Crippen LogP contribution in [0, 0.1) is 5.82 Å². The van der Waals surface area contributed by atoms with Gasteiger partial charge in [-0.3, -0.25) is 9.36 Å². The van der Waals surface area contributed by atoms with Crippen LogP contribution in [0.1, 0.15) is 12.5 Å². The zero-order valence-corrected chi connectivity index (χ0v) is 16.0. The van der Waals surface area contributed by atoms with E-state index >= 15 is 0 Å². The summed E-state index contributed by atoms with van der Waals surface area (Å²) in [4.78, 5) is 30.4. The number of halogens is 1. The third-order valence-corrected chi connectivity index (χ3v) is 4.83. The molecule has 0 aliphatic carbocycles. The van der Waals surface area contributed by atoms with Gasteiger partial charge in [0.05, 0.1) is 25.7 Å². The Balaban J connectivity index is 2.00. The van der Waals surface area contributed by atoms with Gasteiger partial charge in [0.1, 0.15) is 11.6 Å². The molecule has 2 aromatic carbocycles. The first-order valence-electron chi connectivity index (χ1n) is 9.13. The Kier molecular flexibility index (Phi) is 4.75. The molecule has 0 atom stereocenters. The Morgan fingerprint density at radius 1 is 1.10 bits per heavy atom. The minimum atomic E-state index is -0.491. The Morgan fingerprint density at radius 2 is 1.90 bits per heavy atom. The van der Waals surface area contributed by atoms with Crippen LogP contribution in [-0.4, -0.2) is 25.8 Å². The van der Waals surface area contributed by atoms with Crippen molar-refractivity contribution in [1.82, 2.24) is 18.7 Å². The summed E-state index contributed by atoms with van der Waals surface area (Å²) >= 11 is 0. The first kappa shape index (κ1) is 18.7. The Labute approximate surface area is 165 Å². The minimum Gasteiger partial charge on any atom is -0.497 e. The molecule has 7 nitrogen and oxygen atoms in total. The molecule has 148 valence electrons. The van der Waals surface area contributed by atoms with Crippen LogP contribution in [0.2, 0.25) is 0 Å². The van der Waals surface area contributed by atoms with E-state index in [1.807, 2.05) is 0 Å². The van der Waals surface area contributed by atoms with Crippen molar-refractivity contribution in [3.63, 3.8) is 0 Å². The van der Waals surface area contributed by atoms with E-state index in [1.54, 1.807) is 54.0 Å². The Bertz CT molecular complexity index is 1320. The molecule has 0 saturated carbocycles. The van der Waals surface area contributed by atoms with Crippen molar-refractivity contribution in [1.29, 1.82) is 0 Å². The smallest absolute Gasteiger partial charge is 0.337 e. The van der Waals surface area contributed by atoms with Crippen molar-refractivity contribution in [3.8, 4) is 11.4 Å². The van der Waals surface area contributed by atoms with Gasteiger partial charge in [0, 0.05) is 18.2 Å². The molecule has 0 aliphatic rings. The fraction of sp³-hybridized carbons (Fsp3) is 0.190. The highest BCUT2D eigenvalue weighted by molar-refractivity contribution is 5.72. The number of imidazole rings is 1. The SMILES string of the molecule is CCn1c(=O)c2c(ncn2Cc2ccccc2F)n(-c2cccc(OC)c2)c1=O. The lowest BCUT2D eigenvalue weighted by Crippen LogP contribution is -2.39. The molecule has 2 heterocycles. The summed E-state index contributed by atoms with van der Waals surface area (Å²) in [6.45, 7) is 2.04. The van der Waals surface area contributed by atoms with Crippen molar-refractivity contribution in [3.05, 3.63) is 87.1 Å². The number of rotatable bonds is 5. The molecule has 0 spiro atoms. The lowest BCUT2D eigenvalue weighted by molar-refractivity contribution is 0.414. The first-order chi connectivity index (χ1) is 14.0. The van der Waals surface area contributed by atoms with Crippen LogP contribution in [-0.2, 0) is 13.1 Å². The monoisotopic (exact) mass is 394 g/mol. The van der Waals surface area contributed by atoms with Gasteiger partial charge in [-0.1, -0.05) is 24.3 Å². The number of ether oxygens (including phenoxy) is 1. The second-order valence-electron chi connectivity index (χ2n) is 6.50. The van der Waals surface area contributed by atoms with E-state index in [9.17, 15) is 14.0 Å². The molecule has 8 heteroatoms. The number of hydrogen-bond donors (Lipinski definition) is 0. The third-order valence-electron chi connectivity index (χ3n) is 4.83. The van der Waals surface area contributed by atoms with Gasteiger partial charge in [-0.05, 0) is 25.1 Å². The molecule has 4 rings (SSSR count). The molecule has 4 aromatic rings. The van der Waals surface area contributed by atoms with Crippen LogP contribution in [0.25, 0.3) is 16.9 Å². The Morgan fingerprint density at radius 3 is 2.62 bits per heavy atom. The third kappa shape index (κ3) is 3.12. The summed E-state index contributed by atoms with van der Waals surface area (Å²) < 4.78 is 23.5. The molecule has 0 bridgehead atoms. The summed E-state index contributed by atoms with van der Waals surface area (Å²) in [5.74, 6) is 0.203. The standard InChI is InChI=1S/C21H19FN4O3/c1-3-25-20(27)18-19(23-13-24(18)12-14-7-4-5-10-17(14)22)26(21(25)28)15-8-6-9-16(11-15)29-2/h4-11,13H,3,12H2,1-2H3. The van der Waals surface area contributed by atoms with Gasteiger partial charge in [0.25, 0.3) is 5.56 Å². The first-order valence-corrected chi connectivity index (χ1v) is 9.13. The fourth-order valence-corrected chi connectivity index (χ4v) is 3.37. The minimum absolute atomic E-state index is 0.123. The zero-order valence-electron chi connectivity index (χ0n) is 16.0. The van der Waals surface area contributed by atoms with Crippen molar-refractivity contribution < 1.29 is 9.13 Å². The van der Waals surface area contributed by atoms with Crippen LogP contribution < -0.4 is 16.0 Å². The van der Waals surface area contributed by atoms with E-state index in [0.29, 0.717) is 17.0 Å². The molecular formula is C21H19FN4O3. The van der Waals surface area contributed by atoms with E-state index in [1.165, 1.54) is 24.1 Å². The maximum atomic E-state index is 14.1. The van der Waals surface area contributed by atoms with Gasteiger partial charge < -0.3 is 9.30 Å². The van der Waals surface area contributed by atoms with Crippen molar-refractivity contribution in [2.45, 2.75) is 20.0 Å². The molecule has 0 unspecified atom stereocenters. The molecule has 0 aliphatic heterocycles. The highest BCUT2D eigenvalue weighted by Gasteiger charge is 2.19. The van der Waals surface area contributed by atoms with E-state index in [4.69, 9.17) is 4.74 Å². The van der Waals surface area contributed by atoms with E-state index in [-0.39, 0.29) is 30.1 Å². The van der Waals surface area contributed by atoms with Gasteiger partial charge in [-0.25, -0.2) is 18.7 Å². The van der Waals surface area contributed by atoms with Gasteiger partial charge >= 0.3 is 5.69 Å². The number of benzene rings is 2. The quantitative estimate of drug-likeness (QED) is 0.522. The van der Waals surface area contributed by atoms with Crippen LogP contribution >= 0.6 is 0 Å². The number of nitrogens with zero attached hydrogens (tertiary/aromatic N) is 4. The molecule has 2 aromatic heterocycles. The predicted octanol–water partition coefficient (Wildman–Crippen LogP) is 2.56. The average Bonchev–Trinajstić information content (AvgIpc) is 3.14. The van der Waals surface area contributed by atoms with Crippen molar-refractivity contribution in [2.24, 2.45) is 0 Å². The number of hydrogen-bond acceptors (Lipinski definition) is 4. The number of fused-ring (bicyclic) bond motifs is 1. The molecular weight excluding hydrogens is 375 g/mol. The van der Waals surface area contributed by atoms with Gasteiger partial charge in [-0.2, -0.15) is 0 Å². The van der Waals surface area contributed by atoms with E-state index in [0.717, 1.165) is 4.57 Å². The number of aromatic nitrogens is 4. The molecule has 29 heavy (non-hydrogen) atoms. The molecule has 0 fully saturated rings. The average molecular weight is 394 g/mol. The van der Waals surface area contributed by atoms with Crippen LogP contribution in [0.3, 0.4) is 0 Å². The molecule has 0 amide bonds. The van der Waals surface area contributed by atoms with Crippen LogP contribution in [0.4, 0.5) is 4.39 Å². The Hall–Kier alpha value is -3.68. The second-order valence-corrected chi connectivity index (χ2v) is 6.50. The highest BCUT2D eigenvalue weighted by atomic mass is 19.1. The maximum absolute atomic E-state index is 14.1. The maximum Gasteiger partial charge on any atom is 0.337 e. The summed E-state index contributed by atoms with van der Waals surface area (Å²) in [5.41, 5.74) is 0.452. The summed E-state index contributed by atoms with van der Waals surface area (Å²) in [6.07, 6.45) is 1.45. The molecule has 0 N–H and O–H groups in total. The van der Waals surface area contributed by atoms with Gasteiger partial charge in [0.2, 0.25) is 0 Å². The van der Waals surface area contributed by atoms with Gasteiger partial charge in [-0.15, -0.1) is 0 Å². The van der Waals surface area contributed by atoms with Crippen LogP contribution in [0.5, 0.6) is 5.75 Å². The molecule has 0 saturated heterocycles. The summed E-state index contributed by atoms with van der Waals surface area (Å²) in [6, 6.07) is 13.3. The largest absolute Gasteiger partial charge is 0.497 e.